The molecule has 0 spiro atoms. The van der Waals surface area contributed by atoms with Crippen LogP contribution >= 0.6 is 0 Å². The molecule has 35 heavy (non-hydrogen) atoms. The lowest BCUT2D eigenvalue weighted by Crippen LogP contribution is -2.48. The van der Waals surface area contributed by atoms with E-state index in [1.807, 2.05) is 24.3 Å². The van der Waals surface area contributed by atoms with Crippen molar-refractivity contribution < 1.29 is 13.9 Å². The van der Waals surface area contributed by atoms with Crippen molar-refractivity contribution in [3.05, 3.63) is 59.9 Å². The quantitative estimate of drug-likeness (QED) is 0.534. The number of nitrogens with one attached hydrogen (secondary N) is 1. The van der Waals surface area contributed by atoms with Crippen LogP contribution in [0.2, 0.25) is 0 Å². The SMILES string of the molecule is COc1ccccc1N1CCN(CCC(c2ccccc2F)C(NC(C)=O)C2CCCCC2)CC1. The average molecular weight is 482 g/mol. The molecule has 1 N–H and O–H groups in total. The zero-order valence-corrected chi connectivity index (χ0v) is 21.2. The molecule has 0 bridgehead atoms. The van der Waals surface area contributed by atoms with E-state index in [-0.39, 0.29) is 23.7 Å². The van der Waals surface area contributed by atoms with E-state index in [2.05, 4.69) is 27.2 Å². The maximum absolute atomic E-state index is 15.0. The van der Waals surface area contributed by atoms with E-state index in [4.69, 9.17) is 4.74 Å². The molecule has 2 aliphatic rings. The Morgan fingerprint density at radius 2 is 1.71 bits per heavy atom. The number of amides is 1. The van der Waals surface area contributed by atoms with Crippen LogP contribution in [0.4, 0.5) is 10.1 Å². The zero-order chi connectivity index (χ0) is 24.6. The standard InChI is InChI=1S/C29H40FN3O2/c1-22(34)31-29(23-10-4-3-5-11-23)25(24-12-6-7-13-26(24)30)16-17-32-18-20-33(21-19-32)27-14-8-9-15-28(27)35-2/h6-9,12-15,23,25,29H,3-5,10-11,16-21H2,1-2H3,(H,31,34). The Hall–Kier alpha value is -2.60. The highest BCUT2D eigenvalue weighted by Crippen LogP contribution is 2.37. The molecule has 5 nitrogen and oxygen atoms in total. The number of carbonyl (C=O) groups is 1. The van der Waals surface area contributed by atoms with E-state index in [0.29, 0.717) is 5.92 Å². The summed E-state index contributed by atoms with van der Waals surface area (Å²) in [6.07, 6.45) is 6.67. The van der Waals surface area contributed by atoms with Crippen LogP contribution in [0.3, 0.4) is 0 Å². The highest BCUT2D eigenvalue weighted by molar-refractivity contribution is 5.73. The van der Waals surface area contributed by atoms with Crippen LogP contribution in [0.15, 0.2) is 48.5 Å². The van der Waals surface area contributed by atoms with E-state index in [0.717, 1.165) is 69.0 Å². The first-order valence-electron chi connectivity index (χ1n) is 13.2. The number of halogens is 1. The number of hydrogen-bond donors (Lipinski definition) is 1. The predicted molar refractivity (Wildman–Crippen MR) is 140 cm³/mol. The molecule has 2 atom stereocenters. The summed E-state index contributed by atoms with van der Waals surface area (Å²) in [6, 6.07) is 15.3. The third-order valence-electron chi connectivity index (χ3n) is 7.82. The van der Waals surface area contributed by atoms with Crippen molar-refractivity contribution in [1.29, 1.82) is 0 Å². The molecule has 2 fully saturated rings. The number of ether oxygens (including phenoxy) is 1. The van der Waals surface area contributed by atoms with Gasteiger partial charge in [0, 0.05) is 45.1 Å². The summed E-state index contributed by atoms with van der Waals surface area (Å²) in [4.78, 5) is 17.1. The minimum atomic E-state index is -0.162. The molecule has 1 aliphatic heterocycles. The lowest BCUT2D eigenvalue weighted by atomic mass is 9.75. The number of methoxy groups -OCH3 is 1. The van der Waals surface area contributed by atoms with Gasteiger partial charge in [0.05, 0.1) is 12.8 Å². The summed E-state index contributed by atoms with van der Waals surface area (Å²) in [7, 11) is 1.72. The Bertz CT molecular complexity index is 954. The Kier molecular flexibility index (Phi) is 9.02. The molecule has 1 amide bonds. The second-order valence-electron chi connectivity index (χ2n) is 10.0. The summed E-state index contributed by atoms with van der Waals surface area (Å²) >= 11 is 0. The second-order valence-corrected chi connectivity index (χ2v) is 10.0. The van der Waals surface area contributed by atoms with Crippen LogP contribution in [0, 0.1) is 11.7 Å². The minimum absolute atomic E-state index is 0.0210. The molecule has 190 valence electrons. The summed E-state index contributed by atoms with van der Waals surface area (Å²) in [5.41, 5.74) is 1.88. The highest BCUT2D eigenvalue weighted by Gasteiger charge is 2.34. The lowest BCUT2D eigenvalue weighted by molar-refractivity contribution is -0.120. The molecule has 0 aromatic heterocycles. The number of para-hydroxylation sites is 2. The molecule has 1 heterocycles. The van der Waals surface area contributed by atoms with Crippen LogP contribution < -0.4 is 15.0 Å². The molecule has 2 aromatic rings. The molecule has 1 saturated heterocycles. The fourth-order valence-electron chi connectivity index (χ4n) is 6.00. The fraction of sp³-hybridized carbons (Fsp3) is 0.552. The van der Waals surface area contributed by atoms with E-state index in [1.54, 1.807) is 26.2 Å². The van der Waals surface area contributed by atoms with Crippen LogP contribution in [0.25, 0.3) is 0 Å². The molecular formula is C29H40FN3O2. The van der Waals surface area contributed by atoms with Crippen molar-refractivity contribution in [1.82, 2.24) is 10.2 Å². The Balaban J connectivity index is 1.46. The number of anilines is 1. The van der Waals surface area contributed by atoms with Crippen molar-refractivity contribution in [2.24, 2.45) is 5.92 Å². The maximum Gasteiger partial charge on any atom is 0.217 e. The van der Waals surface area contributed by atoms with Gasteiger partial charge >= 0.3 is 0 Å². The Morgan fingerprint density at radius 1 is 1.03 bits per heavy atom. The monoisotopic (exact) mass is 481 g/mol. The normalized spacial score (nSPS) is 19.2. The van der Waals surface area contributed by atoms with Crippen LogP contribution in [0.1, 0.15) is 56.9 Å². The largest absolute Gasteiger partial charge is 0.495 e. The van der Waals surface area contributed by atoms with Gasteiger partial charge in [-0.25, -0.2) is 4.39 Å². The third-order valence-corrected chi connectivity index (χ3v) is 7.82. The third kappa shape index (κ3) is 6.54. The predicted octanol–water partition coefficient (Wildman–Crippen LogP) is 5.22. The molecule has 0 radical (unpaired) electrons. The van der Waals surface area contributed by atoms with Gasteiger partial charge in [-0.1, -0.05) is 49.6 Å². The van der Waals surface area contributed by atoms with Crippen molar-refractivity contribution >= 4 is 11.6 Å². The first kappa shape index (κ1) is 25.5. The summed E-state index contributed by atoms with van der Waals surface area (Å²) in [6.45, 7) is 6.25. The van der Waals surface area contributed by atoms with E-state index in [9.17, 15) is 4.79 Å². The topological polar surface area (TPSA) is 44.8 Å². The molecular weight excluding hydrogens is 441 g/mol. The number of rotatable bonds is 9. The van der Waals surface area contributed by atoms with Gasteiger partial charge in [-0.3, -0.25) is 9.69 Å². The van der Waals surface area contributed by atoms with Gasteiger partial charge in [-0.2, -0.15) is 0 Å². The van der Waals surface area contributed by atoms with Crippen LogP contribution in [-0.2, 0) is 4.79 Å². The number of piperazine rings is 1. The molecule has 2 unspecified atom stereocenters. The molecule has 4 rings (SSSR count). The summed E-state index contributed by atoms with van der Waals surface area (Å²) < 4.78 is 20.6. The van der Waals surface area contributed by atoms with Gasteiger partial charge < -0.3 is 15.0 Å². The Morgan fingerprint density at radius 3 is 2.40 bits per heavy atom. The van der Waals surface area contributed by atoms with Crippen molar-refractivity contribution in [2.45, 2.75) is 57.4 Å². The van der Waals surface area contributed by atoms with Crippen molar-refractivity contribution in [3.8, 4) is 5.75 Å². The van der Waals surface area contributed by atoms with E-state index >= 15 is 4.39 Å². The lowest BCUT2D eigenvalue weighted by Gasteiger charge is -2.39. The van der Waals surface area contributed by atoms with Crippen molar-refractivity contribution in [3.63, 3.8) is 0 Å². The zero-order valence-electron chi connectivity index (χ0n) is 21.2. The van der Waals surface area contributed by atoms with Gasteiger partial charge in [-0.05, 0) is 55.5 Å². The smallest absolute Gasteiger partial charge is 0.217 e. The number of carbonyl (C=O) groups excluding carboxylic acids is 1. The first-order valence-corrected chi connectivity index (χ1v) is 13.2. The molecule has 1 aliphatic carbocycles. The highest BCUT2D eigenvalue weighted by atomic mass is 19.1. The first-order chi connectivity index (χ1) is 17.1. The fourth-order valence-corrected chi connectivity index (χ4v) is 6.00. The van der Waals surface area contributed by atoms with Gasteiger partial charge in [0.15, 0.2) is 0 Å². The summed E-state index contributed by atoms with van der Waals surface area (Å²) in [5.74, 6) is 1.10. The number of benzene rings is 2. The second kappa shape index (κ2) is 12.4. The summed E-state index contributed by atoms with van der Waals surface area (Å²) in [5, 5.41) is 3.26. The molecule has 6 heteroatoms. The van der Waals surface area contributed by atoms with Gasteiger partial charge in [0.25, 0.3) is 0 Å². The number of nitrogens with zero attached hydrogens (tertiary/aromatic N) is 2. The maximum atomic E-state index is 15.0. The van der Waals surface area contributed by atoms with Crippen molar-refractivity contribution in [2.75, 3.05) is 44.7 Å². The molecule has 1 saturated carbocycles. The van der Waals surface area contributed by atoms with E-state index < -0.39 is 0 Å². The van der Waals surface area contributed by atoms with Gasteiger partial charge in [-0.15, -0.1) is 0 Å². The van der Waals surface area contributed by atoms with E-state index in [1.165, 1.54) is 19.3 Å². The average Bonchev–Trinajstić information content (AvgIpc) is 2.89. The van der Waals surface area contributed by atoms with Gasteiger partial charge in [0.1, 0.15) is 11.6 Å². The number of hydrogen-bond acceptors (Lipinski definition) is 4. The van der Waals surface area contributed by atoms with Crippen LogP contribution in [0.5, 0.6) is 5.75 Å². The van der Waals surface area contributed by atoms with Gasteiger partial charge in [0.2, 0.25) is 5.91 Å². The minimum Gasteiger partial charge on any atom is -0.495 e. The van der Waals surface area contributed by atoms with Crippen LogP contribution in [-0.4, -0.2) is 56.7 Å². The Labute approximate surface area is 209 Å². The molecule has 2 aromatic carbocycles.